The van der Waals surface area contributed by atoms with Crippen LogP contribution in [0.2, 0.25) is 0 Å². The van der Waals surface area contributed by atoms with Crippen molar-refractivity contribution in [3.05, 3.63) is 29.3 Å². The number of rotatable bonds is 5. The molecule has 1 aromatic rings. The van der Waals surface area contributed by atoms with Gasteiger partial charge in [-0.3, -0.25) is 4.79 Å². The van der Waals surface area contributed by atoms with Crippen molar-refractivity contribution in [2.75, 3.05) is 0 Å². The Kier molecular flexibility index (Phi) is 4.31. The van der Waals surface area contributed by atoms with E-state index >= 15 is 0 Å². The van der Waals surface area contributed by atoms with Crippen LogP contribution in [0.1, 0.15) is 56.7 Å². The van der Waals surface area contributed by atoms with Gasteiger partial charge in [0.25, 0.3) is 0 Å². The summed E-state index contributed by atoms with van der Waals surface area (Å²) in [5.74, 6) is 3.02. The Balaban J connectivity index is 1.67. The SMILES string of the molecule is C#CCCC1(CCC(=O)N2C(C)Cc3cc(O)ccc3C2C)N=N1. The summed E-state index contributed by atoms with van der Waals surface area (Å²) >= 11 is 0. The molecule has 0 aromatic heterocycles. The number of benzene rings is 1. The molecular formula is C19H23N3O2. The molecule has 126 valence electrons. The Morgan fingerprint density at radius 1 is 1.42 bits per heavy atom. The molecule has 1 aromatic carbocycles. The normalized spacial score (nSPS) is 23.5. The van der Waals surface area contributed by atoms with Crippen molar-refractivity contribution in [1.29, 1.82) is 0 Å². The van der Waals surface area contributed by atoms with Gasteiger partial charge in [0.15, 0.2) is 5.66 Å². The van der Waals surface area contributed by atoms with Crippen LogP contribution in [0, 0.1) is 12.3 Å². The molecular weight excluding hydrogens is 302 g/mol. The van der Waals surface area contributed by atoms with E-state index in [4.69, 9.17) is 6.42 Å². The summed E-state index contributed by atoms with van der Waals surface area (Å²) in [5.41, 5.74) is 1.83. The maximum absolute atomic E-state index is 12.8. The van der Waals surface area contributed by atoms with Crippen molar-refractivity contribution in [2.24, 2.45) is 10.2 Å². The quantitative estimate of drug-likeness (QED) is 0.841. The molecule has 0 saturated heterocycles. The van der Waals surface area contributed by atoms with Gasteiger partial charge in [-0.15, -0.1) is 12.3 Å². The smallest absolute Gasteiger partial charge is 0.223 e. The lowest BCUT2D eigenvalue weighted by molar-refractivity contribution is -0.136. The second-order valence-corrected chi connectivity index (χ2v) is 6.80. The molecule has 1 amide bonds. The summed E-state index contributed by atoms with van der Waals surface area (Å²) in [6, 6.07) is 5.52. The number of phenolic OH excluding ortho intramolecular Hbond substituents is 1. The summed E-state index contributed by atoms with van der Waals surface area (Å²) in [6.07, 6.45) is 8.48. The monoisotopic (exact) mass is 325 g/mol. The molecule has 2 aliphatic rings. The molecule has 5 nitrogen and oxygen atoms in total. The Bertz CT molecular complexity index is 714. The topological polar surface area (TPSA) is 65.3 Å². The van der Waals surface area contributed by atoms with Gasteiger partial charge in [0.2, 0.25) is 5.91 Å². The number of aromatic hydroxyl groups is 1. The average molecular weight is 325 g/mol. The van der Waals surface area contributed by atoms with E-state index < -0.39 is 5.66 Å². The molecule has 2 unspecified atom stereocenters. The van der Waals surface area contributed by atoms with Gasteiger partial charge in [-0.1, -0.05) is 6.07 Å². The number of phenols is 1. The highest BCUT2D eigenvalue weighted by atomic mass is 16.3. The Labute approximate surface area is 142 Å². The summed E-state index contributed by atoms with van der Waals surface area (Å²) in [5, 5.41) is 17.9. The predicted octanol–water partition coefficient (Wildman–Crippen LogP) is 3.58. The van der Waals surface area contributed by atoms with E-state index in [-0.39, 0.29) is 23.7 Å². The van der Waals surface area contributed by atoms with Gasteiger partial charge in [-0.2, -0.15) is 10.2 Å². The fourth-order valence-corrected chi connectivity index (χ4v) is 3.69. The first-order valence-electron chi connectivity index (χ1n) is 8.46. The van der Waals surface area contributed by atoms with Crippen molar-refractivity contribution in [3.8, 4) is 18.1 Å². The molecule has 2 atom stereocenters. The number of terminal acetylenes is 1. The third-order valence-corrected chi connectivity index (χ3v) is 5.06. The number of nitrogens with zero attached hydrogens (tertiary/aromatic N) is 3. The van der Waals surface area contributed by atoms with Crippen LogP contribution >= 0.6 is 0 Å². The van der Waals surface area contributed by atoms with E-state index in [1.54, 1.807) is 12.1 Å². The maximum Gasteiger partial charge on any atom is 0.223 e. The first-order valence-corrected chi connectivity index (χ1v) is 8.46. The van der Waals surface area contributed by atoms with Crippen molar-refractivity contribution in [2.45, 2.75) is 63.7 Å². The standard InChI is InChI=1S/C19H23N3O2/c1-4-5-9-19(20-21-19)10-8-18(24)22-13(2)11-15-12-16(23)6-7-17(15)14(22)3/h1,6-7,12-14,23H,5,8-11H2,2-3H3. The van der Waals surface area contributed by atoms with Crippen molar-refractivity contribution >= 4 is 5.91 Å². The number of carbonyl (C=O) groups excluding carboxylic acids is 1. The van der Waals surface area contributed by atoms with Gasteiger partial charge in [0.05, 0.1) is 6.04 Å². The molecule has 3 rings (SSSR count). The van der Waals surface area contributed by atoms with Gasteiger partial charge in [-0.25, -0.2) is 0 Å². The maximum atomic E-state index is 12.8. The van der Waals surface area contributed by atoms with Crippen LogP contribution in [0.15, 0.2) is 28.4 Å². The van der Waals surface area contributed by atoms with E-state index in [0.29, 0.717) is 19.3 Å². The lowest BCUT2D eigenvalue weighted by Gasteiger charge is -2.40. The number of fused-ring (bicyclic) bond motifs is 1. The van der Waals surface area contributed by atoms with E-state index in [1.165, 1.54) is 0 Å². The minimum Gasteiger partial charge on any atom is -0.508 e. The minimum absolute atomic E-state index is 0.00610. The van der Waals surface area contributed by atoms with Crippen molar-refractivity contribution < 1.29 is 9.90 Å². The van der Waals surface area contributed by atoms with Crippen LogP contribution in [0.5, 0.6) is 5.75 Å². The summed E-state index contributed by atoms with van der Waals surface area (Å²) in [6.45, 7) is 4.10. The molecule has 2 aliphatic heterocycles. The van der Waals surface area contributed by atoms with E-state index in [0.717, 1.165) is 24.0 Å². The molecule has 24 heavy (non-hydrogen) atoms. The van der Waals surface area contributed by atoms with Gasteiger partial charge in [-0.05, 0) is 43.5 Å². The van der Waals surface area contributed by atoms with Crippen LogP contribution in [-0.4, -0.2) is 27.6 Å². The summed E-state index contributed by atoms with van der Waals surface area (Å²) in [4.78, 5) is 14.8. The van der Waals surface area contributed by atoms with Crippen LogP contribution in [0.4, 0.5) is 0 Å². The first-order chi connectivity index (χ1) is 11.5. The van der Waals surface area contributed by atoms with E-state index in [2.05, 4.69) is 23.1 Å². The highest BCUT2D eigenvalue weighted by Gasteiger charge is 2.41. The second kappa shape index (κ2) is 6.27. The van der Waals surface area contributed by atoms with Crippen LogP contribution in [-0.2, 0) is 11.2 Å². The summed E-state index contributed by atoms with van der Waals surface area (Å²) in [7, 11) is 0. The van der Waals surface area contributed by atoms with Crippen molar-refractivity contribution in [3.63, 3.8) is 0 Å². The third kappa shape index (κ3) is 3.14. The first kappa shape index (κ1) is 16.5. The molecule has 0 saturated carbocycles. The largest absolute Gasteiger partial charge is 0.508 e. The van der Waals surface area contributed by atoms with Gasteiger partial charge in [0.1, 0.15) is 5.75 Å². The fraction of sp³-hybridized carbons (Fsp3) is 0.526. The fourth-order valence-electron chi connectivity index (χ4n) is 3.69. The molecule has 0 spiro atoms. The van der Waals surface area contributed by atoms with Gasteiger partial charge >= 0.3 is 0 Å². The Hall–Kier alpha value is -2.35. The zero-order valence-corrected chi connectivity index (χ0v) is 14.2. The Morgan fingerprint density at radius 2 is 2.17 bits per heavy atom. The minimum atomic E-state index is -0.409. The average Bonchev–Trinajstić information content (AvgIpc) is 3.31. The van der Waals surface area contributed by atoms with E-state index in [9.17, 15) is 9.90 Å². The Morgan fingerprint density at radius 3 is 2.83 bits per heavy atom. The highest BCUT2D eigenvalue weighted by molar-refractivity contribution is 5.77. The zero-order valence-electron chi connectivity index (χ0n) is 14.2. The van der Waals surface area contributed by atoms with Crippen LogP contribution in [0.25, 0.3) is 0 Å². The molecule has 5 heteroatoms. The number of amides is 1. The van der Waals surface area contributed by atoms with Crippen molar-refractivity contribution in [1.82, 2.24) is 4.90 Å². The predicted molar refractivity (Wildman–Crippen MR) is 91.4 cm³/mol. The van der Waals surface area contributed by atoms with E-state index in [1.807, 2.05) is 17.9 Å². The molecule has 1 N–H and O–H groups in total. The molecule has 0 radical (unpaired) electrons. The zero-order chi connectivity index (χ0) is 17.3. The van der Waals surface area contributed by atoms with Gasteiger partial charge < -0.3 is 10.0 Å². The number of hydrogen-bond donors (Lipinski definition) is 1. The number of carbonyl (C=O) groups is 1. The van der Waals surface area contributed by atoms with Crippen LogP contribution in [0.3, 0.4) is 0 Å². The second-order valence-electron chi connectivity index (χ2n) is 6.80. The molecule has 0 aliphatic carbocycles. The summed E-state index contributed by atoms with van der Waals surface area (Å²) < 4.78 is 0. The highest BCUT2D eigenvalue weighted by Crippen LogP contribution is 2.39. The molecule has 0 bridgehead atoms. The lowest BCUT2D eigenvalue weighted by Crippen LogP contribution is -2.45. The molecule has 2 heterocycles. The molecule has 0 fully saturated rings. The van der Waals surface area contributed by atoms with Crippen LogP contribution < -0.4 is 0 Å². The lowest BCUT2D eigenvalue weighted by atomic mass is 9.88. The third-order valence-electron chi connectivity index (χ3n) is 5.06. The van der Waals surface area contributed by atoms with Gasteiger partial charge in [0, 0.05) is 31.7 Å². The number of hydrogen-bond acceptors (Lipinski definition) is 4.